The third kappa shape index (κ3) is 2.70. The van der Waals surface area contributed by atoms with Gasteiger partial charge in [0.2, 0.25) is 0 Å². The van der Waals surface area contributed by atoms with E-state index in [4.69, 9.17) is 16.3 Å². The molecule has 0 fully saturated rings. The van der Waals surface area contributed by atoms with Gasteiger partial charge in [0.15, 0.2) is 0 Å². The highest BCUT2D eigenvalue weighted by Gasteiger charge is 1.98. The number of hydrogen-bond acceptors (Lipinski definition) is 2. The topological polar surface area (TPSA) is 22.1 Å². The Bertz CT molecular complexity index is 250. The fourth-order valence-corrected chi connectivity index (χ4v) is 1.02. The minimum absolute atomic E-state index is 0.190. The Morgan fingerprint density at radius 1 is 1.58 bits per heavy atom. The molecular formula is C9H12ClNO. The van der Waals surface area contributed by atoms with Gasteiger partial charge in [-0.3, -0.25) is 4.98 Å². The molecule has 0 saturated carbocycles. The quantitative estimate of drug-likeness (QED) is 0.676. The predicted octanol–water partition coefficient (Wildman–Crippen LogP) is 2.61. The number of hydrogen-bond donors (Lipinski definition) is 0. The number of pyridine rings is 1. The molecule has 0 unspecified atom stereocenters. The summed E-state index contributed by atoms with van der Waals surface area (Å²) in [4.78, 5) is 4.05. The first-order valence-electron chi connectivity index (χ1n) is 3.90. The van der Waals surface area contributed by atoms with Crippen molar-refractivity contribution in [2.75, 3.05) is 0 Å². The summed E-state index contributed by atoms with van der Waals surface area (Å²) in [6.45, 7) is 3.97. The number of rotatable bonds is 3. The third-order valence-corrected chi connectivity index (χ3v) is 1.57. The summed E-state index contributed by atoms with van der Waals surface area (Å²) in [5.41, 5.74) is 0.842. The number of halogens is 1. The van der Waals surface area contributed by atoms with Crippen molar-refractivity contribution < 1.29 is 4.74 Å². The van der Waals surface area contributed by atoms with Crippen LogP contribution < -0.4 is 4.74 Å². The van der Waals surface area contributed by atoms with E-state index in [1.54, 1.807) is 6.20 Å². The predicted molar refractivity (Wildman–Crippen MR) is 49.6 cm³/mol. The maximum atomic E-state index is 5.62. The van der Waals surface area contributed by atoms with Gasteiger partial charge >= 0.3 is 0 Å². The monoisotopic (exact) mass is 185 g/mol. The van der Waals surface area contributed by atoms with Crippen LogP contribution in [0.25, 0.3) is 0 Å². The lowest BCUT2D eigenvalue weighted by Gasteiger charge is -2.09. The lowest BCUT2D eigenvalue weighted by molar-refractivity contribution is 0.242. The maximum Gasteiger partial charge on any atom is 0.123 e. The van der Waals surface area contributed by atoms with Crippen molar-refractivity contribution in [2.45, 2.75) is 25.8 Å². The molecule has 0 spiro atoms. The van der Waals surface area contributed by atoms with Crippen LogP contribution in [0.1, 0.15) is 19.5 Å². The van der Waals surface area contributed by atoms with E-state index in [0.717, 1.165) is 11.4 Å². The highest BCUT2D eigenvalue weighted by atomic mass is 35.5. The first-order chi connectivity index (χ1) is 5.72. The van der Waals surface area contributed by atoms with E-state index >= 15 is 0 Å². The van der Waals surface area contributed by atoms with E-state index in [-0.39, 0.29) is 6.10 Å². The summed E-state index contributed by atoms with van der Waals surface area (Å²) in [6.07, 6.45) is 1.89. The summed E-state index contributed by atoms with van der Waals surface area (Å²) < 4.78 is 5.46. The van der Waals surface area contributed by atoms with Crippen molar-refractivity contribution in [2.24, 2.45) is 0 Å². The van der Waals surface area contributed by atoms with Crippen molar-refractivity contribution in [3.63, 3.8) is 0 Å². The van der Waals surface area contributed by atoms with Gasteiger partial charge in [0.05, 0.1) is 17.7 Å². The second kappa shape index (κ2) is 4.31. The van der Waals surface area contributed by atoms with Gasteiger partial charge in [-0.1, -0.05) is 0 Å². The van der Waals surface area contributed by atoms with Crippen LogP contribution in [0.15, 0.2) is 18.3 Å². The molecule has 12 heavy (non-hydrogen) atoms. The minimum Gasteiger partial charge on any atom is -0.491 e. The molecule has 0 atom stereocenters. The molecule has 0 aliphatic rings. The molecule has 0 amide bonds. The first-order valence-corrected chi connectivity index (χ1v) is 4.43. The summed E-state index contributed by atoms with van der Waals surface area (Å²) in [7, 11) is 0. The molecule has 0 aromatic carbocycles. The van der Waals surface area contributed by atoms with Crippen molar-refractivity contribution in [3.05, 3.63) is 24.0 Å². The largest absolute Gasteiger partial charge is 0.491 e. The fourth-order valence-electron chi connectivity index (χ4n) is 0.875. The van der Waals surface area contributed by atoms with E-state index in [1.807, 2.05) is 26.0 Å². The summed E-state index contributed by atoms with van der Waals surface area (Å²) >= 11 is 5.62. The van der Waals surface area contributed by atoms with Crippen LogP contribution in [0, 0.1) is 0 Å². The zero-order chi connectivity index (χ0) is 8.97. The van der Waals surface area contributed by atoms with Crippen molar-refractivity contribution in [3.8, 4) is 5.75 Å². The Labute approximate surface area is 77.5 Å². The average Bonchev–Trinajstić information content (AvgIpc) is 2.03. The molecule has 2 nitrogen and oxygen atoms in total. The minimum atomic E-state index is 0.190. The standard InChI is InChI=1S/C9H12ClNO/c1-7(2)12-9-3-4-11-8(5-9)6-10/h3-5,7H,6H2,1-2H3. The number of aromatic nitrogens is 1. The van der Waals surface area contributed by atoms with Crippen LogP contribution in [0.5, 0.6) is 5.75 Å². The van der Waals surface area contributed by atoms with Gasteiger partial charge in [0.25, 0.3) is 0 Å². The normalized spacial score (nSPS) is 10.3. The van der Waals surface area contributed by atoms with E-state index in [2.05, 4.69) is 4.98 Å². The maximum absolute atomic E-state index is 5.62. The molecule has 1 rings (SSSR count). The molecule has 66 valence electrons. The zero-order valence-corrected chi connectivity index (χ0v) is 8.01. The van der Waals surface area contributed by atoms with E-state index in [9.17, 15) is 0 Å². The van der Waals surface area contributed by atoms with Crippen LogP contribution in [-0.2, 0) is 5.88 Å². The fraction of sp³-hybridized carbons (Fsp3) is 0.444. The lowest BCUT2D eigenvalue weighted by atomic mass is 10.3. The van der Waals surface area contributed by atoms with Crippen LogP contribution in [0.2, 0.25) is 0 Å². The lowest BCUT2D eigenvalue weighted by Crippen LogP contribution is -2.05. The van der Waals surface area contributed by atoms with Gasteiger partial charge in [-0.25, -0.2) is 0 Å². The Morgan fingerprint density at radius 2 is 2.33 bits per heavy atom. The molecule has 0 aliphatic carbocycles. The van der Waals surface area contributed by atoms with Gasteiger partial charge in [0, 0.05) is 12.3 Å². The van der Waals surface area contributed by atoms with Gasteiger partial charge in [-0.2, -0.15) is 0 Å². The first kappa shape index (κ1) is 9.33. The van der Waals surface area contributed by atoms with Crippen molar-refractivity contribution in [1.82, 2.24) is 4.98 Å². The molecule has 0 aliphatic heterocycles. The molecule has 0 saturated heterocycles. The molecule has 3 heteroatoms. The molecule has 1 heterocycles. The van der Waals surface area contributed by atoms with Crippen LogP contribution in [0.3, 0.4) is 0 Å². The van der Waals surface area contributed by atoms with E-state index in [0.29, 0.717) is 5.88 Å². The smallest absolute Gasteiger partial charge is 0.123 e. The summed E-state index contributed by atoms with van der Waals surface area (Å²) in [6, 6.07) is 3.68. The highest BCUT2D eigenvalue weighted by Crippen LogP contribution is 2.13. The second-order valence-corrected chi connectivity index (χ2v) is 3.05. The van der Waals surface area contributed by atoms with Crippen LogP contribution in [0.4, 0.5) is 0 Å². The molecule has 0 bridgehead atoms. The molecule has 1 aromatic rings. The van der Waals surface area contributed by atoms with Crippen LogP contribution >= 0.6 is 11.6 Å². The Hall–Kier alpha value is -0.760. The van der Waals surface area contributed by atoms with Crippen molar-refractivity contribution >= 4 is 11.6 Å². The molecule has 1 aromatic heterocycles. The highest BCUT2D eigenvalue weighted by molar-refractivity contribution is 6.16. The summed E-state index contributed by atoms with van der Waals surface area (Å²) in [5.74, 6) is 1.26. The van der Waals surface area contributed by atoms with Crippen molar-refractivity contribution in [1.29, 1.82) is 0 Å². The Balaban J connectivity index is 2.72. The molecule has 0 N–H and O–H groups in total. The Morgan fingerprint density at radius 3 is 2.92 bits per heavy atom. The zero-order valence-electron chi connectivity index (χ0n) is 7.25. The van der Waals surface area contributed by atoms with E-state index in [1.165, 1.54) is 0 Å². The van der Waals surface area contributed by atoms with Gasteiger partial charge in [-0.15, -0.1) is 11.6 Å². The van der Waals surface area contributed by atoms with E-state index < -0.39 is 0 Å². The number of ether oxygens (including phenoxy) is 1. The Kier molecular flexibility index (Phi) is 3.35. The third-order valence-electron chi connectivity index (χ3n) is 1.30. The van der Waals surface area contributed by atoms with Gasteiger partial charge in [-0.05, 0) is 19.9 Å². The van der Waals surface area contributed by atoms with Gasteiger partial charge < -0.3 is 4.74 Å². The SMILES string of the molecule is CC(C)Oc1ccnc(CCl)c1. The second-order valence-electron chi connectivity index (χ2n) is 2.78. The number of nitrogens with zero attached hydrogens (tertiary/aromatic N) is 1. The van der Waals surface area contributed by atoms with Gasteiger partial charge in [0.1, 0.15) is 5.75 Å². The molecule has 0 radical (unpaired) electrons. The van der Waals surface area contributed by atoms with Crippen LogP contribution in [-0.4, -0.2) is 11.1 Å². The number of alkyl halides is 1. The molecular weight excluding hydrogens is 174 g/mol. The summed E-state index contributed by atoms with van der Waals surface area (Å²) in [5, 5.41) is 0. The average molecular weight is 186 g/mol.